The summed E-state index contributed by atoms with van der Waals surface area (Å²) < 4.78 is 0. The first kappa shape index (κ1) is 23.3. The number of hydrogen-bond acceptors (Lipinski definition) is 5. The van der Waals surface area contributed by atoms with Gasteiger partial charge in [-0.25, -0.2) is 15.0 Å². The van der Waals surface area contributed by atoms with Crippen molar-refractivity contribution in [2.75, 3.05) is 6.67 Å². The predicted molar refractivity (Wildman–Crippen MR) is 164 cm³/mol. The molecule has 0 N–H and O–H groups in total. The predicted octanol–water partition coefficient (Wildman–Crippen LogP) is 7.06. The van der Waals surface area contributed by atoms with Crippen molar-refractivity contribution in [3.8, 4) is 45.2 Å². The minimum absolute atomic E-state index is 0.390. The van der Waals surface area contributed by atoms with Crippen LogP contribution in [0.15, 0.2) is 137 Å². The van der Waals surface area contributed by atoms with E-state index < -0.39 is 0 Å². The summed E-state index contributed by atoms with van der Waals surface area (Å²) >= 11 is 0. The molecule has 0 saturated heterocycles. The fourth-order valence-electron chi connectivity index (χ4n) is 5.64. The van der Waals surface area contributed by atoms with Crippen molar-refractivity contribution in [3.05, 3.63) is 138 Å². The van der Waals surface area contributed by atoms with Gasteiger partial charge in [0.2, 0.25) is 0 Å². The maximum Gasteiger partial charge on any atom is 0.160 e. The van der Waals surface area contributed by atoms with Gasteiger partial charge in [-0.05, 0) is 18.2 Å². The molecule has 2 aromatic heterocycles. The summed E-state index contributed by atoms with van der Waals surface area (Å²) in [4.78, 5) is 25.1. The summed E-state index contributed by atoms with van der Waals surface area (Å²) in [5.74, 6) is 0.672. The zero-order chi connectivity index (χ0) is 27.2. The first-order valence-electron chi connectivity index (χ1n) is 13.6. The van der Waals surface area contributed by atoms with E-state index >= 15 is 0 Å². The molecule has 1 aliphatic heterocycles. The van der Waals surface area contributed by atoms with Crippen LogP contribution in [0.4, 0.5) is 0 Å². The fourth-order valence-corrected chi connectivity index (χ4v) is 5.64. The molecule has 5 heteroatoms. The van der Waals surface area contributed by atoms with Crippen molar-refractivity contribution in [3.63, 3.8) is 0 Å². The van der Waals surface area contributed by atoms with Crippen molar-refractivity contribution in [2.24, 2.45) is 9.98 Å². The lowest BCUT2D eigenvalue weighted by atomic mass is 9.95. The molecular formula is C36H23N5. The molecule has 1 aliphatic rings. The van der Waals surface area contributed by atoms with E-state index in [9.17, 15) is 0 Å². The van der Waals surface area contributed by atoms with Gasteiger partial charge in [-0.15, -0.1) is 0 Å². The Hall–Kier alpha value is -5.55. The molecular weight excluding hydrogens is 502 g/mol. The molecule has 7 aromatic rings. The lowest BCUT2D eigenvalue weighted by Crippen LogP contribution is -2.26. The van der Waals surface area contributed by atoms with E-state index in [1.165, 1.54) is 0 Å². The highest BCUT2D eigenvalue weighted by Crippen LogP contribution is 2.33. The number of nitrogens with zero attached hydrogens (tertiary/aromatic N) is 5. The molecule has 41 heavy (non-hydrogen) atoms. The van der Waals surface area contributed by atoms with Gasteiger partial charge in [0.15, 0.2) is 5.82 Å². The molecule has 0 bridgehead atoms. The second kappa shape index (κ2) is 9.57. The first-order chi connectivity index (χ1) is 20.3. The van der Waals surface area contributed by atoms with Crippen LogP contribution in [0.5, 0.6) is 0 Å². The summed E-state index contributed by atoms with van der Waals surface area (Å²) in [6.45, 7) is 0.390. The van der Waals surface area contributed by atoms with Crippen LogP contribution in [0.2, 0.25) is 0 Å². The van der Waals surface area contributed by atoms with Gasteiger partial charge in [0.25, 0.3) is 0 Å². The van der Waals surface area contributed by atoms with Gasteiger partial charge in [0.1, 0.15) is 6.67 Å². The standard InChI is InChI=1S/C36H23N5/c1-4-12-23(13-5-1)30-21-31(41-36(40-30)25-16-8-3-9-17-25)27-20-28-32(35-34(27)37-22-38-35)26-18-10-11-19-29(26)39-33(28)24-14-6-2-7-15-24/h1-21H,22H2. The number of benzene rings is 5. The topological polar surface area (TPSA) is 63.4 Å². The van der Waals surface area contributed by atoms with Crippen LogP contribution in [0, 0.1) is 0 Å². The molecule has 0 radical (unpaired) electrons. The third-order valence-corrected chi connectivity index (χ3v) is 7.54. The average Bonchev–Trinajstić information content (AvgIpc) is 3.55. The normalized spacial score (nSPS) is 12.2. The van der Waals surface area contributed by atoms with Crippen LogP contribution in [0.25, 0.3) is 66.8 Å². The monoisotopic (exact) mass is 525 g/mol. The fraction of sp³-hybridized carbons (Fsp3) is 0.0278. The van der Waals surface area contributed by atoms with Crippen LogP contribution in [-0.4, -0.2) is 21.6 Å². The van der Waals surface area contributed by atoms with Crippen molar-refractivity contribution in [1.82, 2.24) is 15.0 Å². The van der Waals surface area contributed by atoms with E-state index in [0.717, 1.165) is 71.7 Å². The van der Waals surface area contributed by atoms with Gasteiger partial charge in [0, 0.05) is 38.4 Å². The summed E-state index contributed by atoms with van der Waals surface area (Å²) in [5.41, 5.74) is 7.51. The first-order valence-corrected chi connectivity index (χ1v) is 13.6. The van der Waals surface area contributed by atoms with Gasteiger partial charge in [0.05, 0.1) is 33.3 Å². The SMILES string of the molecule is c1ccc(-c2cc(-c3cc4c(-c5ccccc5)nc5ccccc5c4c4c3=NCN=4)nc(-c3ccccc3)n2)cc1. The summed E-state index contributed by atoms with van der Waals surface area (Å²) in [6, 6.07) is 43.2. The number of para-hydroxylation sites is 1. The zero-order valence-electron chi connectivity index (χ0n) is 22.1. The van der Waals surface area contributed by atoms with Crippen LogP contribution in [0.3, 0.4) is 0 Å². The molecule has 192 valence electrons. The van der Waals surface area contributed by atoms with Gasteiger partial charge in [-0.1, -0.05) is 109 Å². The summed E-state index contributed by atoms with van der Waals surface area (Å²) in [6.07, 6.45) is 0. The smallest absolute Gasteiger partial charge is 0.160 e. The highest BCUT2D eigenvalue weighted by Gasteiger charge is 2.20. The number of aromatic nitrogens is 3. The van der Waals surface area contributed by atoms with Crippen LogP contribution in [-0.2, 0) is 0 Å². The van der Waals surface area contributed by atoms with Crippen molar-refractivity contribution < 1.29 is 0 Å². The number of rotatable bonds is 4. The van der Waals surface area contributed by atoms with E-state index in [0.29, 0.717) is 12.5 Å². The van der Waals surface area contributed by atoms with Gasteiger partial charge in [-0.2, -0.15) is 0 Å². The Morgan fingerprint density at radius 3 is 1.83 bits per heavy atom. The summed E-state index contributed by atoms with van der Waals surface area (Å²) in [5, 5.41) is 4.95. The quantitative estimate of drug-likeness (QED) is 0.231. The average molecular weight is 526 g/mol. The lowest BCUT2D eigenvalue weighted by molar-refractivity contribution is 1.06. The minimum atomic E-state index is 0.390. The van der Waals surface area contributed by atoms with E-state index in [2.05, 4.69) is 66.7 Å². The Bertz CT molecular complexity index is 2150. The molecule has 0 aliphatic carbocycles. The minimum Gasteiger partial charge on any atom is -0.259 e. The maximum absolute atomic E-state index is 5.16. The molecule has 0 atom stereocenters. The van der Waals surface area contributed by atoms with Crippen molar-refractivity contribution in [2.45, 2.75) is 0 Å². The van der Waals surface area contributed by atoms with Gasteiger partial charge in [-0.3, -0.25) is 9.98 Å². The van der Waals surface area contributed by atoms with E-state index in [1.54, 1.807) is 0 Å². The highest BCUT2D eigenvalue weighted by atomic mass is 15.0. The molecule has 0 spiro atoms. The molecule has 5 aromatic carbocycles. The molecule has 0 amide bonds. The van der Waals surface area contributed by atoms with E-state index in [1.807, 2.05) is 60.7 Å². The lowest BCUT2D eigenvalue weighted by Gasteiger charge is -2.13. The number of fused-ring (bicyclic) bond motifs is 5. The molecule has 0 fully saturated rings. The number of pyridine rings is 1. The Morgan fingerprint density at radius 2 is 1.07 bits per heavy atom. The van der Waals surface area contributed by atoms with Crippen LogP contribution in [0.1, 0.15) is 0 Å². The van der Waals surface area contributed by atoms with Crippen molar-refractivity contribution in [1.29, 1.82) is 0 Å². The maximum atomic E-state index is 5.16. The third kappa shape index (κ3) is 3.98. The number of hydrogen-bond donors (Lipinski definition) is 0. The van der Waals surface area contributed by atoms with E-state index in [-0.39, 0.29) is 0 Å². The Labute approximate surface area is 236 Å². The molecule has 8 rings (SSSR count). The molecule has 3 heterocycles. The second-order valence-electron chi connectivity index (χ2n) is 10.0. The molecule has 0 saturated carbocycles. The highest BCUT2D eigenvalue weighted by molar-refractivity contribution is 6.11. The Kier molecular flexibility index (Phi) is 5.45. The Morgan fingerprint density at radius 1 is 0.463 bits per heavy atom. The van der Waals surface area contributed by atoms with Crippen LogP contribution >= 0.6 is 0 Å². The summed E-state index contributed by atoms with van der Waals surface area (Å²) in [7, 11) is 0. The largest absolute Gasteiger partial charge is 0.259 e. The third-order valence-electron chi connectivity index (χ3n) is 7.54. The van der Waals surface area contributed by atoms with Gasteiger partial charge >= 0.3 is 0 Å². The van der Waals surface area contributed by atoms with Crippen LogP contribution < -0.4 is 10.7 Å². The second-order valence-corrected chi connectivity index (χ2v) is 10.0. The molecule has 0 unspecified atom stereocenters. The van der Waals surface area contributed by atoms with Gasteiger partial charge < -0.3 is 0 Å². The zero-order valence-corrected chi connectivity index (χ0v) is 22.1. The van der Waals surface area contributed by atoms with Crippen molar-refractivity contribution >= 4 is 21.7 Å². The Balaban J connectivity index is 1.48. The molecule has 5 nitrogen and oxygen atoms in total. The van der Waals surface area contributed by atoms with E-state index in [4.69, 9.17) is 24.9 Å².